The van der Waals surface area contributed by atoms with E-state index in [4.69, 9.17) is 9.26 Å². The molecule has 1 atom stereocenters. The summed E-state index contributed by atoms with van der Waals surface area (Å²) in [5.74, 6) is -0.0360. The first-order valence-corrected chi connectivity index (χ1v) is 6.96. The van der Waals surface area contributed by atoms with Gasteiger partial charge in [-0.05, 0) is 24.8 Å². The minimum Gasteiger partial charge on any atom is -0.448 e. The van der Waals surface area contributed by atoms with Gasteiger partial charge in [-0.2, -0.15) is 0 Å². The monoisotopic (exact) mass is 294 g/mol. The first kappa shape index (κ1) is 14.3. The van der Waals surface area contributed by atoms with E-state index in [0.29, 0.717) is 22.9 Å². The Labute approximate surface area is 119 Å². The zero-order valence-corrected chi connectivity index (χ0v) is 11.9. The topological polar surface area (TPSA) is 81.4 Å². The number of carbonyl (C=O) groups excluding carboxylic acids is 2. The summed E-state index contributed by atoms with van der Waals surface area (Å²) in [6, 6.07) is 4.99. The normalized spacial score (nSPS) is 11.9. The lowest BCUT2D eigenvalue weighted by atomic mass is 10.2. The number of hydrogen-bond donors (Lipinski definition) is 1. The summed E-state index contributed by atoms with van der Waals surface area (Å²) in [4.78, 5) is 24.3. The van der Waals surface area contributed by atoms with E-state index < -0.39 is 18.0 Å². The molecule has 0 aliphatic heterocycles. The van der Waals surface area contributed by atoms with Crippen molar-refractivity contribution in [2.24, 2.45) is 0 Å². The molecule has 6 nitrogen and oxygen atoms in total. The molecule has 20 heavy (non-hydrogen) atoms. The van der Waals surface area contributed by atoms with E-state index >= 15 is 0 Å². The smallest absolute Gasteiger partial charge is 0.349 e. The third-order valence-corrected chi connectivity index (χ3v) is 3.36. The quantitative estimate of drug-likeness (QED) is 0.857. The number of aryl methyl sites for hydroxylation is 1. The summed E-state index contributed by atoms with van der Waals surface area (Å²) in [7, 11) is 0. The van der Waals surface area contributed by atoms with E-state index in [1.54, 1.807) is 37.4 Å². The van der Waals surface area contributed by atoms with Crippen molar-refractivity contribution < 1.29 is 18.8 Å². The Morgan fingerprint density at radius 2 is 2.35 bits per heavy atom. The molecule has 0 aliphatic rings. The first-order valence-electron chi connectivity index (χ1n) is 6.08. The second-order valence-electron chi connectivity index (χ2n) is 4.09. The molecule has 0 radical (unpaired) electrons. The Kier molecular flexibility index (Phi) is 4.52. The van der Waals surface area contributed by atoms with E-state index in [9.17, 15) is 9.59 Å². The van der Waals surface area contributed by atoms with Crippen molar-refractivity contribution in [2.45, 2.75) is 26.4 Å². The van der Waals surface area contributed by atoms with E-state index in [1.165, 1.54) is 11.3 Å². The van der Waals surface area contributed by atoms with Crippen LogP contribution in [0.2, 0.25) is 0 Å². The number of anilines is 1. The highest BCUT2D eigenvalue weighted by Gasteiger charge is 2.23. The molecule has 0 aromatic carbocycles. The van der Waals surface area contributed by atoms with Gasteiger partial charge in [-0.25, -0.2) is 4.79 Å². The van der Waals surface area contributed by atoms with E-state index in [1.807, 2.05) is 0 Å². The molecule has 2 aromatic heterocycles. The van der Waals surface area contributed by atoms with Crippen LogP contribution in [0.3, 0.4) is 0 Å². The van der Waals surface area contributed by atoms with Crippen molar-refractivity contribution in [1.29, 1.82) is 0 Å². The van der Waals surface area contributed by atoms with Gasteiger partial charge in [-0.15, -0.1) is 11.3 Å². The molecule has 2 aromatic rings. The highest BCUT2D eigenvalue weighted by atomic mass is 32.1. The maximum Gasteiger partial charge on any atom is 0.349 e. The van der Waals surface area contributed by atoms with Gasteiger partial charge in [-0.1, -0.05) is 18.1 Å². The number of thiophene rings is 1. The van der Waals surface area contributed by atoms with Crippen molar-refractivity contribution in [3.8, 4) is 0 Å². The van der Waals surface area contributed by atoms with Crippen LogP contribution >= 0.6 is 11.3 Å². The molecule has 0 fully saturated rings. The molecule has 0 saturated carbocycles. The molecule has 2 rings (SSSR count). The molecular weight excluding hydrogens is 280 g/mol. The van der Waals surface area contributed by atoms with Crippen molar-refractivity contribution >= 4 is 29.0 Å². The Morgan fingerprint density at radius 3 is 2.90 bits per heavy atom. The average molecular weight is 294 g/mol. The number of hydrogen-bond acceptors (Lipinski definition) is 6. The molecule has 7 heteroatoms. The van der Waals surface area contributed by atoms with Crippen LogP contribution in [0.25, 0.3) is 0 Å². The molecule has 0 saturated heterocycles. The van der Waals surface area contributed by atoms with Crippen LogP contribution < -0.4 is 5.32 Å². The maximum absolute atomic E-state index is 12.0. The summed E-state index contributed by atoms with van der Waals surface area (Å²) in [6.45, 7) is 3.48. The fraction of sp³-hybridized carbons (Fsp3) is 0.308. The number of amides is 1. The van der Waals surface area contributed by atoms with Gasteiger partial charge in [0, 0.05) is 6.07 Å². The minimum atomic E-state index is -0.860. The number of ether oxygens (including phenoxy) is 1. The molecular formula is C13H14N2O4S. The van der Waals surface area contributed by atoms with Gasteiger partial charge in [-0.3, -0.25) is 4.79 Å². The van der Waals surface area contributed by atoms with Crippen LogP contribution in [-0.4, -0.2) is 23.1 Å². The minimum absolute atomic E-state index is 0.304. The first-order chi connectivity index (χ1) is 9.60. The second-order valence-corrected chi connectivity index (χ2v) is 5.04. The molecule has 2 heterocycles. The van der Waals surface area contributed by atoms with Crippen LogP contribution in [0.1, 0.15) is 28.8 Å². The van der Waals surface area contributed by atoms with Gasteiger partial charge in [0.2, 0.25) is 0 Å². The van der Waals surface area contributed by atoms with E-state index in [0.717, 1.165) is 0 Å². The largest absolute Gasteiger partial charge is 0.448 e. The molecule has 1 N–H and O–H groups in total. The van der Waals surface area contributed by atoms with Crippen molar-refractivity contribution in [3.05, 3.63) is 34.2 Å². The van der Waals surface area contributed by atoms with Crippen molar-refractivity contribution in [2.75, 3.05) is 5.32 Å². The zero-order valence-electron chi connectivity index (χ0n) is 11.1. The number of nitrogens with zero attached hydrogens (tertiary/aromatic N) is 1. The van der Waals surface area contributed by atoms with Gasteiger partial charge in [0.05, 0.1) is 0 Å². The summed E-state index contributed by atoms with van der Waals surface area (Å²) in [5.41, 5.74) is 0. The van der Waals surface area contributed by atoms with Crippen LogP contribution in [0.15, 0.2) is 28.1 Å². The van der Waals surface area contributed by atoms with Gasteiger partial charge in [0.15, 0.2) is 11.9 Å². The molecule has 1 amide bonds. The number of esters is 1. The highest BCUT2D eigenvalue weighted by Crippen LogP contribution is 2.14. The number of rotatable bonds is 5. The fourth-order valence-corrected chi connectivity index (χ4v) is 2.14. The predicted octanol–water partition coefficient (Wildman–Crippen LogP) is 2.62. The Bertz CT molecular complexity index is 591. The van der Waals surface area contributed by atoms with Crippen LogP contribution in [0.4, 0.5) is 5.82 Å². The molecule has 0 unspecified atom stereocenters. The Balaban J connectivity index is 1.97. The second kappa shape index (κ2) is 6.33. The molecule has 106 valence electrons. The molecule has 0 bridgehead atoms. The van der Waals surface area contributed by atoms with Gasteiger partial charge in [0.1, 0.15) is 10.6 Å². The average Bonchev–Trinajstić information content (AvgIpc) is 3.07. The van der Waals surface area contributed by atoms with Gasteiger partial charge >= 0.3 is 5.97 Å². The van der Waals surface area contributed by atoms with Crippen molar-refractivity contribution in [3.63, 3.8) is 0 Å². The standard InChI is InChI=1S/C13H14N2O4S/c1-3-9(18-13(17)10-5-4-6-20-10)12(16)14-11-7-8(2)19-15-11/h4-7,9H,3H2,1-2H3,(H,14,15,16)/t9-/m1/s1. The molecule has 0 aliphatic carbocycles. The molecule has 0 spiro atoms. The number of aromatic nitrogens is 1. The third kappa shape index (κ3) is 3.45. The van der Waals surface area contributed by atoms with Crippen LogP contribution in [-0.2, 0) is 9.53 Å². The predicted molar refractivity (Wildman–Crippen MR) is 73.7 cm³/mol. The maximum atomic E-state index is 12.0. The van der Waals surface area contributed by atoms with E-state index in [-0.39, 0.29) is 0 Å². The lowest BCUT2D eigenvalue weighted by molar-refractivity contribution is -0.124. The fourth-order valence-electron chi connectivity index (χ4n) is 1.54. The lowest BCUT2D eigenvalue weighted by Gasteiger charge is -2.14. The summed E-state index contributed by atoms with van der Waals surface area (Å²) in [5, 5.41) is 7.98. The van der Waals surface area contributed by atoms with Gasteiger partial charge < -0.3 is 14.6 Å². The van der Waals surface area contributed by atoms with Crippen LogP contribution in [0.5, 0.6) is 0 Å². The zero-order chi connectivity index (χ0) is 14.5. The lowest BCUT2D eigenvalue weighted by Crippen LogP contribution is -2.32. The van der Waals surface area contributed by atoms with Crippen molar-refractivity contribution in [1.82, 2.24) is 5.16 Å². The number of nitrogens with one attached hydrogen (secondary N) is 1. The van der Waals surface area contributed by atoms with Gasteiger partial charge in [0.25, 0.3) is 5.91 Å². The summed E-state index contributed by atoms with van der Waals surface area (Å²) < 4.78 is 10.0. The number of carbonyl (C=O) groups is 2. The summed E-state index contributed by atoms with van der Waals surface area (Å²) >= 11 is 1.27. The highest BCUT2D eigenvalue weighted by molar-refractivity contribution is 7.11. The Hall–Kier alpha value is -2.15. The Morgan fingerprint density at radius 1 is 1.55 bits per heavy atom. The van der Waals surface area contributed by atoms with E-state index in [2.05, 4.69) is 10.5 Å². The third-order valence-electron chi connectivity index (χ3n) is 2.51. The van der Waals surface area contributed by atoms with Crippen LogP contribution in [0, 0.1) is 6.92 Å². The summed E-state index contributed by atoms with van der Waals surface area (Å²) in [6.07, 6.45) is -0.485. The SMILES string of the molecule is CC[C@@H](OC(=O)c1cccs1)C(=O)Nc1cc(C)on1.